The number of carbonyl (C=O) groups is 1. The van der Waals surface area contributed by atoms with Gasteiger partial charge in [0.15, 0.2) is 0 Å². The molecule has 23 heavy (non-hydrogen) atoms. The lowest BCUT2D eigenvalue weighted by molar-refractivity contribution is -0.115. The maximum absolute atomic E-state index is 12.2. The van der Waals surface area contributed by atoms with Crippen LogP contribution >= 0.6 is 15.9 Å². The van der Waals surface area contributed by atoms with Crippen LogP contribution in [0.1, 0.15) is 11.1 Å². The average Bonchev–Trinajstić information content (AvgIpc) is 2.59. The van der Waals surface area contributed by atoms with E-state index < -0.39 is 0 Å². The topological polar surface area (TPSA) is 40.5 Å². The lowest BCUT2D eigenvalue weighted by Crippen LogP contribution is -2.29. The minimum atomic E-state index is -0.370. The van der Waals surface area contributed by atoms with Gasteiger partial charge < -0.3 is 10.0 Å². The molecule has 2 aromatic carbocycles. The third-order valence-electron chi connectivity index (χ3n) is 3.23. The maximum Gasteiger partial charge on any atom is 0.255 e. The van der Waals surface area contributed by atoms with Crippen molar-refractivity contribution in [2.45, 2.75) is 0 Å². The van der Waals surface area contributed by atoms with Gasteiger partial charge in [0.1, 0.15) is 0 Å². The Bertz CT molecular complexity index is 788. The number of hydrogen-bond donors (Lipinski definition) is 1. The zero-order valence-corrected chi connectivity index (χ0v) is 14.3. The fourth-order valence-electron chi connectivity index (χ4n) is 1.98. The van der Waals surface area contributed by atoms with Crippen molar-refractivity contribution < 1.29 is 9.90 Å². The molecule has 0 saturated heterocycles. The molecule has 3 nitrogen and oxygen atoms in total. The molecule has 1 N–H and O–H groups in total. The van der Waals surface area contributed by atoms with E-state index in [9.17, 15) is 4.79 Å². The van der Waals surface area contributed by atoms with Gasteiger partial charge in [-0.1, -0.05) is 52.5 Å². The molecule has 0 saturated carbocycles. The van der Waals surface area contributed by atoms with Crippen molar-refractivity contribution in [3.63, 3.8) is 0 Å². The van der Waals surface area contributed by atoms with E-state index in [4.69, 9.17) is 5.11 Å². The van der Waals surface area contributed by atoms with Crippen molar-refractivity contribution in [2.24, 2.45) is 0 Å². The van der Waals surface area contributed by atoms with E-state index in [0.717, 1.165) is 10.0 Å². The smallest absolute Gasteiger partial charge is 0.255 e. The minimum Gasteiger partial charge on any atom is -0.391 e. The van der Waals surface area contributed by atoms with E-state index >= 15 is 0 Å². The Morgan fingerprint density at radius 1 is 1.22 bits per heavy atom. The lowest BCUT2D eigenvalue weighted by atomic mass is 10.1. The number of benzene rings is 2. The van der Waals surface area contributed by atoms with Crippen molar-refractivity contribution in [1.82, 2.24) is 0 Å². The summed E-state index contributed by atoms with van der Waals surface area (Å²) in [6.07, 6.45) is 0. The van der Waals surface area contributed by atoms with Crippen LogP contribution in [0.4, 0.5) is 5.69 Å². The second kappa shape index (κ2) is 7.77. The number of aliphatic hydroxyl groups is 1. The van der Waals surface area contributed by atoms with Gasteiger partial charge in [0.25, 0.3) is 5.91 Å². The predicted molar refractivity (Wildman–Crippen MR) is 96.2 cm³/mol. The number of likely N-dealkylation sites (N-methyl/N-ethyl adjacent to an activating group) is 1. The molecule has 2 aromatic rings. The summed E-state index contributed by atoms with van der Waals surface area (Å²) in [6, 6.07) is 15.1. The molecule has 116 valence electrons. The molecule has 0 atom stereocenters. The molecule has 0 bridgehead atoms. The number of rotatable bonds is 3. The molecule has 4 heteroatoms. The van der Waals surface area contributed by atoms with Gasteiger partial charge in [-0.2, -0.15) is 0 Å². The lowest BCUT2D eigenvalue weighted by Gasteiger charge is -2.19. The summed E-state index contributed by atoms with van der Waals surface area (Å²) in [7, 11) is 1.64. The molecular formula is C19H16BrNO2. The van der Waals surface area contributed by atoms with Crippen LogP contribution in [0, 0.1) is 11.8 Å². The van der Waals surface area contributed by atoms with E-state index in [0.29, 0.717) is 11.3 Å². The van der Waals surface area contributed by atoms with Crippen molar-refractivity contribution in [1.29, 1.82) is 0 Å². The third kappa shape index (κ3) is 4.32. The first kappa shape index (κ1) is 17.0. The molecule has 0 aliphatic heterocycles. The monoisotopic (exact) mass is 369 g/mol. The van der Waals surface area contributed by atoms with E-state index in [1.807, 2.05) is 48.5 Å². The van der Waals surface area contributed by atoms with Crippen molar-refractivity contribution >= 4 is 27.5 Å². The van der Waals surface area contributed by atoms with Crippen molar-refractivity contribution in [3.05, 3.63) is 76.3 Å². The minimum absolute atomic E-state index is 0.136. The van der Waals surface area contributed by atoms with Crippen LogP contribution in [0.3, 0.4) is 0 Å². The average molecular weight is 370 g/mol. The highest BCUT2D eigenvalue weighted by Gasteiger charge is 2.16. The maximum atomic E-state index is 12.2. The Labute approximate surface area is 144 Å². The van der Waals surface area contributed by atoms with Gasteiger partial charge >= 0.3 is 0 Å². The molecule has 0 fully saturated rings. The SMILES string of the molecule is C=C(CO)C(=O)N(C)c1ccc(Br)cc1C#Cc1ccccc1. The first-order valence-corrected chi connectivity index (χ1v) is 7.75. The van der Waals surface area contributed by atoms with Crippen molar-refractivity contribution in [3.8, 4) is 11.8 Å². The van der Waals surface area contributed by atoms with Gasteiger partial charge in [0.05, 0.1) is 12.3 Å². The number of carbonyl (C=O) groups excluding carboxylic acids is 1. The predicted octanol–water partition coefficient (Wildman–Crippen LogP) is 3.36. The quantitative estimate of drug-likeness (QED) is 0.665. The Morgan fingerprint density at radius 2 is 1.91 bits per heavy atom. The number of halogens is 1. The zero-order valence-electron chi connectivity index (χ0n) is 12.7. The zero-order chi connectivity index (χ0) is 16.8. The van der Waals surface area contributed by atoms with E-state index in [1.165, 1.54) is 4.90 Å². The van der Waals surface area contributed by atoms with E-state index in [-0.39, 0.29) is 18.1 Å². The van der Waals surface area contributed by atoms with Crippen LogP contribution in [-0.4, -0.2) is 24.7 Å². The van der Waals surface area contributed by atoms with Crippen LogP contribution in [0.25, 0.3) is 0 Å². The summed E-state index contributed by atoms with van der Waals surface area (Å²) < 4.78 is 0.875. The third-order valence-corrected chi connectivity index (χ3v) is 3.73. The van der Waals surface area contributed by atoms with Gasteiger partial charge in [0.2, 0.25) is 0 Å². The van der Waals surface area contributed by atoms with Crippen LogP contribution in [-0.2, 0) is 4.79 Å². The Balaban J connectivity index is 2.41. The van der Waals surface area contributed by atoms with Gasteiger partial charge in [-0.25, -0.2) is 0 Å². The molecule has 0 aliphatic rings. The highest BCUT2D eigenvalue weighted by atomic mass is 79.9. The van der Waals surface area contributed by atoms with Crippen LogP contribution in [0.15, 0.2) is 65.2 Å². The molecule has 0 unspecified atom stereocenters. The largest absolute Gasteiger partial charge is 0.391 e. The molecule has 0 heterocycles. The summed E-state index contributed by atoms with van der Waals surface area (Å²) in [5.41, 5.74) is 2.41. The Morgan fingerprint density at radius 3 is 2.57 bits per heavy atom. The second-order valence-electron chi connectivity index (χ2n) is 4.90. The number of anilines is 1. The normalized spacial score (nSPS) is 9.70. The first-order valence-electron chi connectivity index (χ1n) is 6.96. The molecule has 1 amide bonds. The fraction of sp³-hybridized carbons (Fsp3) is 0.105. The van der Waals surface area contributed by atoms with Gasteiger partial charge in [0, 0.05) is 28.2 Å². The molecule has 0 spiro atoms. The first-order chi connectivity index (χ1) is 11.0. The van der Waals surface area contributed by atoms with Gasteiger partial charge in [-0.3, -0.25) is 4.79 Å². The van der Waals surface area contributed by atoms with Crippen LogP contribution < -0.4 is 4.90 Å². The summed E-state index contributed by atoms with van der Waals surface area (Å²) >= 11 is 3.42. The Hall–Kier alpha value is -2.35. The summed E-state index contributed by atoms with van der Waals surface area (Å²) in [6.45, 7) is 3.20. The Kier molecular flexibility index (Phi) is 5.75. The molecule has 2 rings (SSSR count). The molecule has 0 radical (unpaired) electrons. The van der Waals surface area contributed by atoms with E-state index in [1.54, 1.807) is 7.05 Å². The van der Waals surface area contributed by atoms with Crippen molar-refractivity contribution in [2.75, 3.05) is 18.6 Å². The van der Waals surface area contributed by atoms with E-state index in [2.05, 4.69) is 34.3 Å². The summed E-state index contributed by atoms with van der Waals surface area (Å²) in [5.74, 6) is 5.85. The molecular weight excluding hydrogens is 354 g/mol. The number of nitrogens with zero attached hydrogens (tertiary/aromatic N) is 1. The van der Waals surface area contributed by atoms with Crippen LogP contribution in [0.2, 0.25) is 0 Å². The summed E-state index contributed by atoms with van der Waals surface area (Å²) in [4.78, 5) is 13.6. The number of hydrogen-bond acceptors (Lipinski definition) is 2. The summed E-state index contributed by atoms with van der Waals surface area (Å²) in [5, 5.41) is 9.08. The standard InChI is InChI=1S/C19H16BrNO2/c1-14(13-22)19(23)21(2)18-11-10-17(20)12-16(18)9-8-15-6-4-3-5-7-15/h3-7,10-12,22H,1,13H2,2H3. The second-order valence-corrected chi connectivity index (χ2v) is 5.82. The van der Waals surface area contributed by atoms with Crippen LogP contribution in [0.5, 0.6) is 0 Å². The number of amides is 1. The highest BCUT2D eigenvalue weighted by molar-refractivity contribution is 9.10. The molecule has 0 aromatic heterocycles. The van der Waals surface area contributed by atoms with Gasteiger partial charge in [-0.05, 0) is 30.3 Å². The van der Waals surface area contributed by atoms with Gasteiger partial charge in [-0.15, -0.1) is 0 Å². The number of aliphatic hydroxyl groups excluding tert-OH is 1. The fourth-order valence-corrected chi connectivity index (χ4v) is 2.34. The highest BCUT2D eigenvalue weighted by Crippen LogP contribution is 2.24. The molecule has 0 aliphatic carbocycles.